The molecule has 0 aliphatic carbocycles. The number of rotatable bonds is 4. The van der Waals surface area contributed by atoms with Crippen molar-refractivity contribution >= 4 is 40.5 Å². The molecule has 2 rings (SSSR count). The molecule has 2 N–H and O–H groups in total. The van der Waals surface area contributed by atoms with Gasteiger partial charge in [0.05, 0.1) is 22.0 Å². The third-order valence-electron chi connectivity index (χ3n) is 2.96. The van der Waals surface area contributed by atoms with Crippen molar-refractivity contribution in [2.24, 2.45) is 0 Å². The first-order chi connectivity index (χ1) is 11.5. The summed E-state index contributed by atoms with van der Waals surface area (Å²) in [6.07, 6.45) is 1.22. The minimum absolute atomic E-state index is 0.182. The molecule has 0 radical (unpaired) electrons. The van der Waals surface area contributed by atoms with Crippen LogP contribution in [0.2, 0.25) is 10.0 Å². The molecule has 0 heterocycles. The highest BCUT2D eigenvalue weighted by Crippen LogP contribution is 2.25. The molecule has 7 heteroatoms. The number of hydrogen-bond acceptors (Lipinski definition) is 4. The Morgan fingerprint density at radius 2 is 1.83 bits per heavy atom. The van der Waals surface area contributed by atoms with E-state index in [0.717, 1.165) is 0 Å². The van der Waals surface area contributed by atoms with Gasteiger partial charge in [0.25, 0.3) is 5.91 Å². The van der Waals surface area contributed by atoms with Crippen LogP contribution in [0.4, 0.5) is 11.4 Å². The first-order valence-electron chi connectivity index (χ1n) is 6.67. The van der Waals surface area contributed by atoms with Crippen molar-refractivity contribution in [2.45, 2.75) is 0 Å². The van der Waals surface area contributed by atoms with Gasteiger partial charge in [-0.15, -0.1) is 0 Å². The molecule has 24 heavy (non-hydrogen) atoms. The van der Waals surface area contributed by atoms with E-state index in [1.165, 1.54) is 6.20 Å². The number of amides is 1. The molecule has 0 unspecified atom stereocenters. The number of nitriles is 2. The second kappa shape index (κ2) is 8.03. The molecule has 0 saturated heterocycles. The summed E-state index contributed by atoms with van der Waals surface area (Å²) in [6.45, 7) is 0. The van der Waals surface area contributed by atoms with E-state index in [1.807, 2.05) is 6.07 Å². The van der Waals surface area contributed by atoms with Gasteiger partial charge in [-0.2, -0.15) is 10.5 Å². The van der Waals surface area contributed by atoms with E-state index >= 15 is 0 Å². The minimum Gasteiger partial charge on any atom is -0.359 e. The molecule has 118 valence electrons. The first-order valence-corrected chi connectivity index (χ1v) is 7.43. The van der Waals surface area contributed by atoms with Crippen LogP contribution in [0.3, 0.4) is 0 Å². The second-order valence-electron chi connectivity index (χ2n) is 4.55. The Labute approximate surface area is 148 Å². The van der Waals surface area contributed by atoms with Crippen molar-refractivity contribution in [3.8, 4) is 12.1 Å². The highest BCUT2D eigenvalue weighted by Gasteiger charge is 2.12. The minimum atomic E-state index is -0.647. The van der Waals surface area contributed by atoms with Crippen LogP contribution in [0.15, 0.2) is 54.2 Å². The van der Waals surface area contributed by atoms with Crippen LogP contribution in [0.1, 0.15) is 5.56 Å². The number of benzene rings is 2. The largest absolute Gasteiger partial charge is 0.359 e. The van der Waals surface area contributed by atoms with E-state index in [0.29, 0.717) is 27.0 Å². The molecule has 0 aliphatic heterocycles. The van der Waals surface area contributed by atoms with E-state index in [9.17, 15) is 4.79 Å². The average Bonchev–Trinajstić information content (AvgIpc) is 2.58. The van der Waals surface area contributed by atoms with Crippen LogP contribution in [-0.4, -0.2) is 5.91 Å². The third-order valence-corrected chi connectivity index (χ3v) is 3.53. The van der Waals surface area contributed by atoms with E-state index in [1.54, 1.807) is 48.5 Å². The fourth-order valence-electron chi connectivity index (χ4n) is 1.79. The van der Waals surface area contributed by atoms with Gasteiger partial charge in [-0.1, -0.05) is 35.3 Å². The Balaban J connectivity index is 2.19. The summed E-state index contributed by atoms with van der Waals surface area (Å²) in [5, 5.41) is 24.3. The number of nitrogens with zero attached hydrogens (tertiary/aromatic N) is 2. The molecule has 0 aliphatic rings. The topological polar surface area (TPSA) is 88.7 Å². The summed E-state index contributed by atoms with van der Waals surface area (Å²) in [7, 11) is 0. The monoisotopic (exact) mass is 356 g/mol. The average molecular weight is 357 g/mol. The van der Waals surface area contributed by atoms with E-state index < -0.39 is 5.91 Å². The predicted molar refractivity (Wildman–Crippen MR) is 93.6 cm³/mol. The summed E-state index contributed by atoms with van der Waals surface area (Å²) >= 11 is 11.9. The summed E-state index contributed by atoms with van der Waals surface area (Å²) < 4.78 is 0. The van der Waals surface area contributed by atoms with Gasteiger partial charge in [0.2, 0.25) is 0 Å². The lowest BCUT2D eigenvalue weighted by Gasteiger charge is -2.07. The van der Waals surface area contributed by atoms with E-state index in [2.05, 4.69) is 10.6 Å². The van der Waals surface area contributed by atoms with Crippen LogP contribution < -0.4 is 10.6 Å². The maximum Gasteiger partial charge on any atom is 0.267 e. The second-order valence-corrected chi connectivity index (χ2v) is 5.39. The number of carbonyl (C=O) groups excluding carboxylic acids is 1. The molecule has 5 nitrogen and oxygen atoms in total. The Bertz CT molecular complexity index is 894. The Hall–Kier alpha value is -2.99. The molecule has 2 aromatic carbocycles. The van der Waals surface area contributed by atoms with Crippen molar-refractivity contribution < 1.29 is 4.79 Å². The number of nitrogens with one attached hydrogen (secondary N) is 2. The lowest BCUT2D eigenvalue weighted by molar-refractivity contribution is -0.112. The standard InChI is InChI=1S/C17H10Cl2N4O/c18-13-5-6-14(19)16(7-13)22-10-12(9-21)17(24)23-15-4-2-1-3-11(15)8-20/h1-7,10,22H,(H,23,24)/b12-10-. The molecule has 1 amide bonds. The molecular formula is C17H10Cl2N4O. The van der Waals surface area contributed by atoms with Crippen LogP contribution in [-0.2, 0) is 4.79 Å². The summed E-state index contributed by atoms with van der Waals surface area (Å²) in [5.41, 5.74) is 0.904. The van der Waals surface area contributed by atoms with Crippen LogP contribution >= 0.6 is 23.2 Å². The molecule has 0 fully saturated rings. The zero-order valence-electron chi connectivity index (χ0n) is 12.2. The number of hydrogen-bond donors (Lipinski definition) is 2. The van der Waals surface area contributed by atoms with Gasteiger partial charge in [0.1, 0.15) is 17.7 Å². The maximum atomic E-state index is 12.2. The number of halogens is 2. The highest BCUT2D eigenvalue weighted by atomic mass is 35.5. The van der Waals surface area contributed by atoms with Gasteiger partial charge in [-0.05, 0) is 30.3 Å². The van der Waals surface area contributed by atoms with Crippen LogP contribution in [0, 0.1) is 22.7 Å². The van der Waals surface area contributed by atoms with Crippen LogP contribution in [0.5, 0.6) is 0 Å². The van der Waals surface area contributed by atoms with Crippen LogP contribution in [0.25, 0.3) is 0 Å². The van der Waals surface area contributed by atoms with Gasteiger partial charge in [-0.25, -0.2) is 0 Å². The van der Waals surface area contributed by atoms with E-state index in [4.69, 9.17) is 33.7 Å². The molecular weight excluding hydrogens is 347 g/mol. The predicted octanol–water partition coefficient (Wildman–Crippen LogP) is 4.32. The van der Waals surface area contributed by atoms with Gasteiger partial charge in [-0.3, -0.25) is 4.79 Å². The number of anilines is 2. The fraction of sp³-hybridized carbons (Fsp3) is 0. The summed E-state index contributed by atoms with van der Waals surface area (Å²) in [4.78, 5) is 12.2. The summed E-state index contributed by atoms with van der Waals surface area (Å²) in [5.74, 6) is -0.647. The highest BCUT2D eigenvalue weighted by molar-refractivity contribution is 6.35. The molecule has 2 aromatic rings. The number of para-hydroxylation sites is 1. The lowest BCUT2D eigenvalue weighted by atomic mass is 10.2. The Morgan fingerprint density at radius 3 is 2.54 bits per heavy atom. The van der Waals surface area contributed by atoms with E-state index in [-0.39, 0.29) is 5.57 Å². The Morgan fingerprint density at radius 1 is 1.08 bits per heavy atom. The molecule has 0 atom stereocenters. The number of carbonyl (C=O) groups is 1. The van der Waals surface area contributed by atoms with Gasteiger partial charge < -0.3 is 10.6 Å². The zero-order valence-corrected chi connectivity index (χ0v) is 13.7. The molecule has 0 saturated carbocycles. The SMILES string of the molecule is N#C/C(=C/Nc1cc(Cl)ccc1Cl)C(=O)Nc1ccccc1C#N. The van der Waals surface area contributed by atoms with Gasteiger partial charge >= 0.3 is 0 Å². The maximum absolute atomic E-state index is 12.2. The molecule has 0 bridgehead atoms. The lowest BCUT2D eigenvalue weighted by Crippen LogP contribution is -2.15. The fourth-order valence-corrected chi connectivity index (χ4v) is 2.13. The third kappa shape index (κ3) is 4.27. The van der Waals surface area contributed by atoms with Crippen molar-refractivity contribution in [1.29, 1.82) is 10.5 Å². The molecule has 0 spiro atoms. The van der Waals surface area contributed by atoms with Crippen molar-refractivity contribution in [2.75, 3.05) is 10.6 Å². The van der Waals surface area contributed by atoms with Gasteiger partial charge in [0, 0.05) is 11.2 Å². The Kier molecular flexibility index (Phi) is 5.81. The van der Waals surface area contributed by atoms with Crippen molar-refractivity contribution in [1.82, 2.24) is 0 Å². The van der Waals surface area contributed by atoms with Crippen molar-refractivity contribution in [3.63, 3.8) is 0 Å². The van der Waals surface area contributed by atoms with Gasteiger partial charge in [0.15, 0.2) is 0 Å². The molecule has 0 aromatic heterocycles. The smallest absolute Gasteiger partial charge is 0.267 e. The normalized spacial score (nSPS) is 10.4. The van der Waals surface area contributed by atoms with Crippen molar-refractivity contribution in [3.05, 3.63) is 69.8 Å². The zero-order chi connectivity index (χ0) is 17.5. The first kappa shape index (κ1) is 17.4. The quantitative estimate of drug-likeness (QED) is 0.630. The summed E-state index contributed by atoms with van der Waals surface area (Å²) in [6, 6.07) is 15.0.